The van der Waals surface area contributed by atoms with Crippen molar-refractivity contribution < 1.29 is 14.6 Å². The van der Waals surface area contributed by atoms with E-state index in [4.69, 9.17) is 4.74 Å². The first-order chi connectivity index (χ1) is 13.1. The molecule has 0 amide bonds. The Hall–Kier alpha value is -2.73. The fourth-order valence-corrected chi connectivity index (χ4v) is 3.85. The number of carboxylic acids is 1. The molecule has 2 N–H and O–H groups in total. The summed E-state index contributed by atoms with van der Waals surface area (Å²) in [6.45, 7) is 4.33. The molecular formula is C21H25N3O3. The Balaban J connectivity index is 1.53. The molecule has 1 saturated heterocycles. The molecular weight excluding hydrogens is 342 g/mol. The number of carbonyl (C=O) groups is 1. The standard InChI is InChI=1S/C21H25N3O3/c1-23-9-8-19(18-14-15(21(25)26)2-7-20(18)23)22-16-3-5-17(6-4-16)24-10-12-27-13-11-24/h2-7,14,19,22H,8-13H2,1H3,(H,25,26). The zero-order valence-electron chi connectivity index (χ0n) is 15.5. The first-order valence-corrected chi connectivity index (χ1v) is 9.39. The van der Waals surface area contributed by atoms with Crippen molar-refractivity contribution >= 4 is 23.0 Å². The quantitative estimate of drug-likeness (QED) is 0.865. The fraction of sp³-hybridized carbons (Fsp3) is 0.381. The molecule has 2 aromatic rings. The number of anilines is 3. The molecule has 27 heavy (non-hydrogen) atoms. The number of carboxylic acid groups (broad SMARTS) is 1. The highest BCUT2D eigenvalue weighted by Gasteiger charge is 2.24. The van der Waals surface area contributed by atoms with Crippen LogP contribution in [0.15, 0.2) is 42.5 Å². The molecule has 2 aliphatic heterocycles. The molecule has 142 valence electrons. The summed E-state index contributed by atoms with van der Waals surface area (Å²) in [5.74, 6) is -0.889. The van der Waals surface area contributed by atoms with E-state index in [0.717, 1.165) is 56.2 Å². The van der Waals surface area contributed by atoms with Crippen molar-refractivity contribution in [3.8, 4) is 0 Å². The summed E-state index contributed by atoms with van der Waals surface area (Å²) in [7, 11) is 2.05. The maximum absolute atomic E-state index is 11.4. The van der Waals surface area contributed by atoms with Crippen LogP contribution in [0.25, 0.3) is 0 Å². The van der Waals surface area contributed by atoms with Gasteiger partial charge in [0.2, 0.25) is 0 Å². The first kappa shape index (κ1) is 17.7. The molecule has 1 unspecified atom stereocenters. The van der Waals surface area contributed by atoms with Crippen LogP contribution >= 0.6 is 0 Å². The lowest BCUT2D eigenvalue weighted by molar-refractivity contribution is 0.0696. The van der Waals surface area contributed by atoms with E-state index in [1.165, 1.54) is 5.69 Å². The second kappa shape index (κ2) is 7.48. The van der Waals surface area contributed by atoms with Crippen LogP contribution in [0.3, 0.4) is 0 Å². The van der Waals surface area contributed by atoms with Gasteiger partial charge in [0.05, 0.1) is 24.8 Å². The van der Waals surface area contributed by atoms with Gasteiger partial charge in [0.1, 0.15) is 0 Å². The summed E-state index contributed by atoms with van der Waals surface area (Å²) >= 11 is 0. The van der Waals surface area contributed by atoms with E-state index in [1.807, 2.05) is 13.1 Å². The second-order valence-electron chi connectivity index (χ2n) is 7.13. The Labute approximate surface area is 159 Å². The lowest BCUT2D eigenvalue weighted by Crippen LogP contribution is -2.36. The van der Waals surface area contributed by atoms with E-state index in [2.05, 4.69) is 39.4 Å². The topological polar surface area (TPSA) is 65.0 Å². The van der Waals surface area contributed by atoms with Gasteiger partial charge in [-0.1, -0.05) is 0 Å². The highest BCUT2D eigenvalue weighted by Crippen LogP contribution is 2.36. The molecule has 0 spiro atoms. The number of aromatic carboxylic acids is 1. The van der Waals surface area contributed by atoms with E-state index in [-0.39, 0.29) is 6.04 Å². The predicted molar refractivity (Wildman–Crippen MR) is 107 cm³/mol. The second-order valence-corrected chi connectivity index (χ2v) is 7.13. The van der Waals surface area contributed by atoms with Gasteiger partial charge in [0.25, 0.3) is 0 Å². The third-order valence-electron chi connectivity index (χ3n) is 5.40. The minimum atomic E-state index is -0.889. The summed E-state index contributed by atoms with van der Waals surface area (Å²) < 4.78 is 5.41. The van der Waals surface area contributed by atoms with Crippen molar-refractivity contribution in [2.24, 2.45) is 0 Å². The summed E-state index contributed by atoms with van der Waals surface area (Å²) in [6, 6.07) is 14.0. The van der Waals surface area contributed by atoms with Gasteiger partial charge < -0.3 is 25.0 Å². The Bertz CT molecular complexity index is 816. The number of nitrogens with one attached hydrogen (secondary N) is 1. The fourth-order valence-electron chi connectivity index (χ4n) is 3.85. The van der Waals surface area contributed by atoms with Crippen LogP contribution in [0.5, 0.6) is 0 Å². The lowest BCUT2D eigenvalue weighted by atomic mass is 9.94. The number of rotatable bonds is 4. The number of hydrogen-bond donors (Lipinski definition) is 2. The lowest BCUT2D eigenvalue weighted by Gasteiger charge is -2.34. The van der Waals surface area contributed by atoms with E-state index in [0.29, 0.717) is 5.56 Å². The molecule has 1 atom stereocenters. The third-order valence-corrected chi connectivity index (χ3v) is 5.40. The molecule has 0 aromatic heterocycles. The van der Waals surface area contributed by atoms with E-state index < -0.39 is 5.97 Å². The van der Waals surface area contributed by atoms with Gasteiger partial charge in [0.15, 0.2) is 0 Å². The molecule has 2 aliphatic rings. The zero-order valence-corrected chi connectivity index (χ0v) is 15.5. The maximum Gasteiger partial charge on any atom is 0.335 e. The van der Waals surface area contributed by atoms with Gasteiger partial charge in [-0.15, -0.1) is 0 Å². The predicted octanol–water partition coefficient (Wildman–Crippen LogP) is 3.21. The third kappa shape index (κ3) is 3.71. The van der Waals surface area contributed by atoms with E-state index in [1.54, 1.807) is 12.1 Å². The Morgan fingerprint density at radius 1 is 1.11 bits per heavy atom. The van der Waals surface area contributed by atoms with Crippen molar-refractivity contribution in [3.05, 3.63) is 53.6 Å². The van der Waals surface area contributed by atoms with Gasteiger partial charge in [-0.2, -0.15) is 0 Å². The molecule has 0 bridgehead atoms. The summed E-state index contributed by atoms with van der Waals surface area (Å²) in [4.78, 5) is 15.9. The van der Waals surface area contributed by atoms with Crippen LogP contribution in [0, 0.1) is 0 Å². The summed E-state index contributed by atoms with van der Waals surface area (Å²) in [5, 5.41) is 12.9. The van der Waals surface area contributed by atoms with Crippen LogP contribution < -0.4 is 15.1 Å². The van der Waals surface area contributed by atoms with Crippen LogP contribution in [-0.2, 0) is 4.74 Å². The largest absolute Gasteiger partial charge is 0.478 e. The highest BCUT2D eigenvalue weighted by atomic mass is 16.5. The van der Waals surface area contributed by atoms with Crippen molar-refractivity contribution in [2.75, 3.05) is 55.0 Å². The minimum Gasteiger partial charge on any atom is -0.478 e. The average molecular weight is 367 g/mol. The first-order valence-electron chi connectivity index (χ1n) is 9.39. The Kier molecular flexibility index (Phi) is 4.90. The van der Waals surface area contributed by atoms with Gasteiger partial charge in [-0.05, 0) is 54.4 Å². The number of nitrogens with zero attached hydrogens (tertiary/aromatic N) is 2. The molecule has 6 nitrogen and oxygen atoms in total. The van der Waals surface area contributed by atoms with Gasteiger partial charge in [-0.3, -0.25) is 0 Å². The van der Waals surface area contributed by atoms with Gasteiger partial charge >= 0.3 is 5.97 Å². The average Bonchev–Trinajstić information content (AvgIpc) is 2.71. The normalized spacial score (nSPS) is 19.5. The van der Waals surface area contributed by atoms with E-state index in [9.17, 15) is 9.90 Å². The molecule has 2 heterocycles. The SMILES string of the molecule is CN1CCC(Nc2ccc(N3CCOCC3)cc2)c2cc(C(=O)O)ccc21. The smallest absolute Gasteiger partial charge is 0.335 e. The van der Waals surface area contributed by atoms with Crippen LogP contribution in [0.2, 0.25) is 0 Å². The van der Waals surface area contributed by atoms with Gasteiger partial charge in [0, 0.05) is 43.7 Å². The number of fused-ring (bicyclic) bond motifs is 1. The molecule has 0 saturated carbocycles. The highest BCUT2D eigenvalue weighted by molar-refractivity contribution is 5.89. The molecule has 6 heteroatoms. The Morgan fingerprint density at radius 3 is 2.56 bits per heavy atom. The van der Waals surface area contributed by atoms with Crippen molar-refractivity contribution in [1.82, 2.24) is 0 Å². The van der Waals surface area contributed by atoms with Crippen LogP contribution in [-0.4, -0.2) is 51.0 Å². The summed E-state index contributed by atoms with van der Waals surface area (Å²) in [5.41, 5.74) is 4.72. The Morgan fingerprint density at radius 2 is 1.85 bits per heavy atom. The molecule has 0 radical (unpaired) electrons. The van der Waals surface area contributed by atoms with Crippen LogP contribution in [0.1, 0.15) is 28.4 Å². The zero-order chi connectivity index (χ0) is 18.8. The molecule has 0 aliphatic carbocycles. The molecule has 1 fully saturated rings. The molecule has 4 rings (SSSR count). The minimum absolute atomic E-state index is 0.102. The number of morpholine rings is 1. The monoisotopic (exact) mass is 367 g/mol. The number of hydrogen-bond acceptors (Lipinski definition) is 5. The number of ether oxygens (including phenoxy) is 1. The molecule has 2 aromatic carbocycles. The van der Waals surface area contributed by atoms with Crippen LogP contribution in [0.4, 0.5) is 17.1 Å². The van der Waals surface area contributed by atoms with Crippen molar-refractivity contribution in [1.29, 1.82) is 0 Å². The van der Waals surface area contributed by atoms with Crippen molar-refractivity contribution in [3.63, 3.8) is 0 Å². The maximum atomic E-state index is 11.4. The summed E-state index contributed by atoms with van der Waals surface area (Å²) in [6.07, 6.45) is 0.928. The van der Waals surface area contributed by atoms with E-state index >= 15 is 0 Å². The van der Waals surface area contributed by atoms with Crippen molar-refractivity contribution in [2.45, 2.75) is 12.5 Å². The number of benzene rings is 2. The van der Waals surface area contributed by atoms with Gasteiger partial charge in [-0.25, -0.2) is 4.79 Å².